The van der Waals surface area contributed by atoms with E-state index in [0.717, 1.165) is 19.1 Å². The molecule has 2 atom stereocenters. The van der Waals surface area contributed by atoms with Gasteiger partial charge in [0.2, 0.25) is 0 Å². The van der Waals surface area contributed by atoms with Crippen molar-refractivity contribution in [3.8, 4) is 0 Å². The molecular weight excluding hydrogens is 212 g/mol. The zero-order valence-corrected chi connectivity index (χ0v) is 11.3. The zero-order valence-electron chi connectivity index (χ0n) is 11.3. The Kier molecular flexibility index (Phi) is 8.33. The Hall–Kier alpha value is -0.370. The second-order valence-electron chi connectivity index (χ2n) is 5.34. The fourth-order valence-corrected chi connectivity index (χ4v) is 2.49. The Morgan fingerprint density at radius 3 is 2.35 bits per heavy atom. The number of unbranched alkanes of at least 4 members (excludes halogenated alkanes) is 6. The summed E-state index contributed by atoms with van der Waals surface area (Å²) < 4.78 is 5.70. The molecule has 1 saturated heterocycles. The minimum atomic E-state index is 0.167. The monoisotopic (exact) mass is 240 g/mol. The van der Waals surface area contributed by atoms with Crippen LogP contribution in [0.25, 0.3) is 0 Å². The standard InChI is InChI=1S/C15H28O2/c1-2-3-4-5-6-7-8-9-15-11-10-14(12-16)13-17-15/h12,14-15H,2-11,13H2,1H3. The predicted molar refractivity (Wildman–Crippen MR) is 71.1 cm³/mol. The van der Waals surface area contributed by atoms with Gasteiger partial charge >= 0.3 is 0 Å². The number of aldehydes is 1. The number of hydrogen-bond acceptors (Lipinski definition) is 2. The van der Waals surface area contributed by atoms with Crippen LogP contribution in [0.2, 0.25) is 0 Å². The van der Waals surface area contributed by atoms with Crippen molar-refractivity contribution >= 4 is 6.29 Å². The topological polar surface area (TPSA) is 26.3 Å². The van der Waals surface area contributed by atoms with Crippen LogP contribution in [0.15, 0.2) is 0 Å². The highest BCUT2D eigenvalue weighted by Gasteiger charge is 2.20. The molecule has 100 valence electrons. The molecule has 0 N–H and O–H groups in total. The molecular formula is C15H28O2. The maximum atomic E-state index is 10.6. The van der Waals surface area contributed by atoms with Crippen molar-refractivity contribution in [2.24, 2.45) is 5.92 Å². The van der Waals surface area contributed by atoms with Gasteiger partial charge in [-0.1, -0.05) is 51.9 Å². The van der Waals surface area contributed by atoms with Gasteiger partial charge in [-0.05, 0) is 19.3 Å². The summed E-state index contributed by atoms with van der Waals surface area (Å²) in [5.74, 6) is 0.167. The fraction of sp³-hybridized carbons (Fsp3) is 0.933. The molecule has 1 aliphatic heterocycles. The van der Waals surface area contributed by atoms with Gasteiger partial charge in [0.05, 0.1) is 12.7 Å². The van der Waals surface area contributed by atoms with Gasteiger partial charge in [0.15, 0.2) is 0 Å². The predicted octanol–water partition coefficient (Wildman–Crippen LogP) is 4.12. The maximum Gasteiger partial charge on any atom is 0.125 e. The lowest BCUT2D eigenvalue weighted by Gasteiger charge is -2.26. The first-order chi connectivity index (χ1) is 8.36. The molecule has 2 heteroatoms. The lowest BCUT2D eigenvalue weighted by Crippen LogP contribution is -2.26. The molecule has 2 nitrogen and oxygen atoms in total. The van der Waals surface area contributed by atoms with Crippen molar-refractivity contribution in [3.05, 3.63) is 0 Å². The number of hydrogen-bond donors (Lipinski definition) is 0. The first kappa shape index (κ1) is 14.7. The van der Waals surface area contributed by atoms with Crippen LogP contribution in [0.1, 0.15) is 71.1 Å². The molecule has 0 saturated carbocycles. The van der Waals surface area contributed by atoms with E-state index in [-0.39, 0.29) is 5.92 Å². The molecule has 0 radical (unpaired) electrons. The molecule has 1 rings (SSSR count). The molecule has 0 aromatic rings. The van der Waals surface area contributed by atoms with Gasteiger partial charge in [-0.2, -0.15) is 0 Å². The Bertz CT molecular complexity index is 183. The van der Waals surface area contributed by atoms with Crippen LogP contribution in [0.4, 0.5) is 0 Å². The Morgan fingerprint density at radius 2 is 1.76 bits per heavy atom. The van der Waals surface area contributed by atoms with Crippen molar-refractivity contribution < 1.29 is 9.53 Å². The number of carbonyl (C=O) groups excluding carboxylic acids is 1. The summed E-state index contributed by atoms with van der Waals surface area (Å²) >= 11 is 0. The lowest BCUT2D eigenvalue weighted by molar-refractivity contribution is -0.117. The molecule has 0 aromatic carbocycles. The highest BCUT2D eigenvalue weighted by atomic mass is 16.5. The SMILES string of the molecule is CCCCCCCCCC1CCC(C=O)CO1. The first-order valence-electron chi connectivity index (χ1n) is 7.43. The summed E-state index contributed by atoms with van der Waals surface area (Å²) in [5, 5.41) is 0. The fourth-order valence-electron chi connectivity index (χ4n) is 2.49. The van der Waals surface area contributed by atoms with Crippen LogP contribution in [0, 0.1) is 5.92 Å². The summed E-state index contributed by atoms with van der Waals surface area (Å²) in [6, 6.07) is 0. The highest BCUT2D eigenvalue weighted by molar-refractivity contribution is 5.53. The zero-order chi connectivity index (χ0) is 12.3. The van der Waals surface area contributed by atoms with Crippen LogP contribution in [-0.2, 0) is 9.53 Å². The maximum absolute atomic E-state index is 10.6. The van der Waals surface area contributed by atoms with Crippen LogP contribution in [0.3, 0.4) is 0 Å². The molecule has 1 fully saturated rings. The third-order valence-electron chi connectivity index (χ3n) is 3.73. The van der Waals surface area contributed by atoms with Gasteiger partial charge < -0.3 is 9.53 Å². The van der Waals surface area contributed by atoms with E-state index in [2.05, 4.69) is 6.92 Å². The van der Waals surface area contributed by atoms with E-state index < -0.39 is 0 Å². The van der Waals surface area contributed by atoms with Crippen LogP contribution in [0.5, 0.6) is 0 Å². The summed E-state index contributed by atoms with van der Waals surface area (Å²) in [6.07, 6.45) is 14.3. The van der Waals surface area contributed by atoms with E-state index >= 15 is 0 Å². The average Bonchev–Trinajstić information content (AvgIpc) is 2.38. The minimum Gasteiger partial charge on any atom is -0.377 e. The molecule has 0 aromatic heterocycles. The van der Waals surface area contributed by atoms with Gasteiger partial charge in [-0.15, -0.1) is 0 Å². The molecule has 0 spiro atoms. The van der Waals surface area contributed by atoms with Gasteiger partial charge in [-0.3, -0.25) is 0 Å². The van der Waals surface area contributed by atoms with Crippen molar-refractivity contribution in [2.75, 3.05) is 6.61 Å². The van der Waals surface area contributed by atoms with E-state index in [1.165, 1.54) is 51.4 Å². The largest absolute Gasteiger partial charge is 0.377 e. The summed E-state index contributed by atoms with van der Waals surface area (Å²) in [6.45, 7) is 2.91. The van der Waals surface area contributed by atoms with E-state index in [0.29, 0.717) is 12.7 Å². The number of rotatable bonds is 9. The second-order valence-corrected chi connectivity index (χ2v) is 5.34. The molecule has 0 amide bonds. The molecule has 2 unspecified atom stereocenters. The smallest absolute Gasteiger partial charge is 0.125 e. The van der Waals surface area contributed by atoms with E-state index in [4.69, 9.17) is 4.74 Å². The Balaban J connectivity index is 1.88. The van der Waals surface area contributed by atoms with Crippen molar-refractivity contribution in [3.63, 3.8) is 0 Å². The molecule has 0 bridgehead atoms. The molecule has 1 aliphatic rings. The van der Waals surface area contributed by atoms with E-state index in [1.54, 1.807) is 0 Å². The van der Waals surface area contributed by atoms with Gasteiger partial charge in [-0.25, -0.2) is 0 Å². The third-order valence-corrected chi connectivity index (χ3v) is 3.73. The van der Waals surface area contributed by atoms with Gasteiger partial charge in [0.1, 0.15) is 6.29 Å². The minimum absolute atomic E-state index is 0.167. The third kappa shape index (κ3) is 6.82. The molecule has 1 heterocycles. The van der Waals surface area contributed by atoms with Crippen LogP contribution in [-0.4, -0.2) is 19.0 Å². The van der Waals surface area contributed by atoms with Gasteiger partial charge in [0, 0.05) is 5.92 Å². The quantitative estimate of drug-likeness (QED) is 0.447. The Morgan fingerprint density at radius 1 is 1.06 bits per heavy atom. The van der Waals surface area contributed by atoms with Crippen molar-refractivity contribution in [1.82, 2.24) is 0 Å². The van der Waals surface area contributed by atoms with Gasteiger partial charge in [0.25, 0.3) is 0 Å². The summed E-state index contributed by atoms with van der Waals surface area (Å²) in [7, 11) is 0. The Labute approximate surface area is 106 Å². The summed E-state index contributed by atoms with van der Waals surface area (Å²) in [4.78, 5) is 10.6. The molecule has 0 aliphatic carbocycles. The first-order valence-corrected chi connectivity index (χ1v) is 7.43. The summed E-state index contributed by atoms with van der Waals surface area (Å²) in [5.41, 5.74) is 0. The normalized spacial score (nSPS) is 24.8. The van der Waals surface area contributed by atoms with Crippen LogP contribution < -0.4 is 0 Å². The number of ether oxygens (including phenoxy) is 1. The lowest BCUT2D eigenvalue weighted by atomic mass is 9.96. The average molecular weight is 240 g/mol. The van der Waals surface area contributed by atoms with E-state index in [1.807, 2.05) is 0 Å². The van der Waals surface area contributed by atoms with Crippen molar-refractivity contribution in [1.29, 1.82) is 0 Å². The highest BCUT2D eigenvalue weighted by Crippen LogP contribution is 2.21. The second kappa shape index (κ2) is 9.64. The van der Waals surface area contributed by atoms with Crippen molar-refractivity contribution in [2.45, 2.75) is 77.2 Å². The number of carbonyl (C=O) groups is 1. The van der Waals surface area contributed by atoms with Crippen LogP contribution >= 0.6 is 0 Å². The van der Waals surface area contributed by atoms with E-state index in [9.17, 15) is 4.79 Å². The molecule has 17 heavy (non-hydrogen) atoms.